The number of hydrogen-bond donors (Lipinski definition) is 3. The Balaban J connectivity index is 1.46. The van der Waals surface area contributed by atoms with E-state index in [1.807, 2.05) is 47.5 Å². The Bertz CT molecular complexity index is 940. The molecule has 3 N–H and O–H groups in total. The first-order valence-corrected chi connectivity index (χ1v) is 10.0. The molecular weight excluding hydrogens is 384 g/mol. The number of hydrogen-bond acceptors (Lipinski definition) is 8. The Morgan fingerprint density at radius 2 is 2.19 bits per heavy atom. The lowest BCUT2D eigenvalue weighted by Crippen LogP contribution is -2.53. The van der Waals surface area contributed by atoms with E-state index in [2.05, 4.69) is 26.1 Å². The molecule has 0 bridgehead atoms. The van der Waals surface area contributed by atoms with Gasteiger partial charge < -0.3 is 10.6 Å². The van der Waals surface area contributed by atoms with Gasteiger partial charge in [0, 0.05) is 11.5 Å². The van der Waals surface area contributed by atoms with E-state index in [1.54, 1.807) is 0 Å². The molecule has 27 heavy (non-hydrogen) atoms. The van der Waals surface area contributed by atoms with Gasteiger partial charge in [0.15, 0.2) is 16.6 Å². The van der Waals surface area contributed by atoms with Gasteiger partial charge in [0.1, 0.15) is 0 Å². The number of aryl methyl sites for hydroxylation is 1. The Hall–Kier alpha value is -2.85. The summed E-state index contributed by atoms with van der Waals surface area (Å²) in [4.78, 5) is 30.3. The van der Waals surface area contributed by atoms with Gasteiger partial charge in [-0.05, 0) is 12.5 Å². The normalized spacial score (nSPS) is 18.2. The van der Waals surface area contributed by atoms with Gasteiger partial charge in [-0.15, -0.1) is 11.3 Å². The molecular formula is C17H16N6O2S2. The average Bonchev–Trinajstić information content (AvgIpc) is 3.26. The highest BCUT2D eigenvalue weighted by molar-refractivity contribution is 8.14. The van der Waals surface area contributed by atoms with Crippen molar-refractivity contribution in [3.05, 3.63) is 53.0 Å². The van der Waals surface area contributed by atoms with Gasteiger partial charge in [-0.3, -0.25) is 19.9 Å². The van der Waals surface area contributed by atoms with Crippen molar-refractivity contribution >= 4 is 50.9 Å². The molecule has 2 aliphatic rings. The minimum Gasteiger partial charge on any atom is -0.314 e. The topological polar surface area (TPSA) is 98.7 Å². The zero-order valence-corrected chi connectivity index (χ0v) is 15.9. The molecule has 3 heterocycles. The highest BCUT2D eigenvalue weighted by Gasteiger charge is 2.36. The maximum absolute atomic E-state index is 12.2. The van der Waals surface area contributed by atoms with Crippen LogP contribution in [0.15, 0.2) is 46.9 Å². The van der Waals surface area contributed by atoms with Gasteiger partial charge in [0.25, 0.3) is 0 Å². The number of fused-ring (bicyclic) bond motifs is 1. The van der Waals surface area contributed by atoms with E-state index < -0.39 is 6.29 Å². The van der Waals surface area contributed by atoms with Gasteiger partial charge in [-0.1, -0.05) is 42.1 Å². The van der Waals surface area contributed by atoms with Crippen LogP contribution in [0.5, 0.6) is 0 Å². The fourth-order valence-corrected chi connectivity index (χ4v) is 4.17. The maximum atomic E-state index is 12.2. The maximum Gasteiger partial charge on any atom is 0.249 e. The van der Waals surface area contributed by atoms with E-state index in [-0.39, 0.29) is 17.6 Å². The van der Waals surface area contributed by atoms with Crippen LogP contribution < -0.4 is 16.1 Å². The van der Waals surface area contributed by atoms with Crippen LogP contribution in [0.25, 0.3) is 5.70 Å². The molecule has 4 rings (SSSR count). The number of carbonyl (C=O) groups excluding carboxylic acids is 2. The van der Waals surface area contributed by atoms with E-state index in [4.69, 9.17) is 0 Å². The summed E-state index contributed by atoms with van der Waals surface area (Å²) in [5, 5.41) is 12.9. The molecule has 2 aliphatic heterocycles. The molecule has 0 aliphatic carbocycles. The number of benzene rings is 1. The minimum absolute atomic E-state index is 0.160. The number of thiazole rings is 1. The van der Waals surface area contributed by atoms with Crippen LogP contribution in [0.2, 0.25) is 0 Å². The van der Waals surface area contributed by atoms with Crippen molar-refractivity contribution in [1.82, 2.24) is 20.6 Å². The number of nitrogens with one attached hydrogen (secondary N) is 3. The second-order valence-electron chi connectivity index (χ2n) is 5.83. The van der Waals surface area contributed by atoms with Crippen LogP contribution in [0.3, 0.4) is 0 Å². The molecule has 10 heteroatoms. The third-order valence-corrected chi connectivity index (χ3v) is 5.65. The third-order valence-electron chi connectivity index (χ3n) is 3.82. The number of amides is 2. The van der Waals surface area contributed by atoms with Crippen molar-refractivity contribution in [3.8, 4) is 0 Å². The number of rotatable bonds is 4. The fourth-order valence-electron chi connectivity index (χ4n) is 2.68. The van der Waals surface area contributed by atoms with E-state index in [0.717, 1.165) is 17.0 Å². The van der Waals surface area contributed by atoms with E-state index in [1.165, 1.54) is 29.2 Å². The van der Waals surface area contributed by atoms with Gasteiger partial charge in [0.2, 0.25) is 11.8 Å². The highest BCUT2D eigenvalue weighted by atomic mass is 32.2. The molecule has 2 aromatic rings. The summed E-state index contributed by atoms with van der Waals surface area (Å²) in [5.74, 6) is -0.175. The predicted molar refractivity (Wildman–Crippen MR) is 107 cm³/mol. The lowest BCUT2D eigenvalue weighted by Gasteiger charge is -2.32. The molecule has 0 radical (unpaired) electrons. The summed E-state index contributed by atoms with van der Waals surface area (Å²) in [6, 6.07) is 9.60. The van der Waals surface area contributed by atoms with Crippen molar-refractivity contribution < 1.29 is 9.59 Å². The van der Waals surface area contributed by atoms with Gasteiger partial charge in [0.05, 0.1) is 17.1 Å². The van der Waals surface area contributed by atoms with Crippen molar-refractivity contribution in [2.75, 3.05) is 11.1 Å². The molecule has 0 saturated carbocycles. The molecule has 1 atom stereocenters. The quantitative estimate of drug-likeness (QED) is 0.723. The van der Waals surface area contributed by atoms with E-state index >= 15 is 0 Å². The second-order valence-corrected chi connectivity index (χ2v) is 7.63. The first-order valence-electron chi connectivity index (χ1n) is 8.15. The molecule has 138 valence electrons. The van der Waals surface area contributed by atoms with Gasteiger partial charge >= 0.3 is 0 Å². The molecule has 0 spiro atoms. The molecule has 1 aromatic heterocycles. The van der Waals surface area contributed by atoms with Crippen LogP contribution >= 0.6 is 23.1 Å². The molecule has 1 aromatic carbocycles. The van der Waals surface area contributed by atoms with Crippen LogP contribution in [0, 0.1) is 6.92 Å². The van der Waals surface area contributed by atoms with Crippen LogP contribution in [0.4, 0.5) is 5.13 Å². The number of amidine groups is 1. The summed E-state index contributed by atoms with van der Waals surface area (Å²) < 4.78 is 0. The average molecular weight is 400 g/mol. The van der Waals surface area contributed by atoms with Crippen LogP contribution in [-0.2, 0) is 9.59 Å². The first-order chi connectivity index (χ1) is 13.1. The van der Waals surface area contributed by atoms with E-state index in [0.29, 0.717) is 10.3 Å². The second kappa shape index (κ2) is 7.41. The zero-order valence-electron chi connectivity index (χ0n) is 14.3. The smallest absolute Gasteiger partial charge is 0.249 e. The lowest BCUT2D eigenvalue weighted by atomic mass is 10.1. The summed E-state index contributed by atoms with van der Waals surface area (Å²) >= 11 is 2.68. The number of carbonyl (C=O) groups is 2. The van der Waals surface area contributed by atoms with Gasteiger partial charge in [-0.25, -0.2) is 4.98 Å². The Kier molecular flexibility index (Phi) is 4.82. The van der Waals surface area contributed by atoms with Gasteiger partial charge in [-0.2, -0.15) is 5.10 Å². The molecule has 0 fully saturated rings. The summed E-state index contributed by atoms with van der Waals surface area (Å²) in [7, 11) is 0. The van der Waals surface area contributed by atoms with Crippen molar-refractivity contribution in [2.24, 2.45) is 5.10 Å². The number of hydrazone groups is 1. The lowest BCUT2D eigenvalue weighted by molar-refractivity contribution is -0.118. The summed E-state index contributed by atoms with van der Waals surface area (Å²) in [5.41, 5.74) is 5.40. The Morgan fingerprint density at radius 1 is 1.37 bits per heavy atom. The Morgan fingerprint density at radius 3 is 2.93 bits per heavy atom. The SMILES string of the molecule is Cc1csc(NC(=O)CSC2=NNC3NC(=O)C=C(c4ccccc4)N23)n1. The minimum atomic E-state index is -0.468. The monoisotopic (exact) mass is 400 g/mol. The molecule has 2 amide bonds. The van der Waals surface area contributed by atoms with Crippen LogP contribution in [0.1, 0.15) is 11.3 Å². The largest absolute Gasteiger partial charge is 0.314 e. The number of anilines is 1. The van der Waals surface area contributed by atoms with Crippen molar-refractivity contribution in [3.63, 3.8) is 0 Å². The standard InChI is InChI=1S/C17H16N6O2S2/c1-10-8-26-16(18-10)20-14(25)9-27-17-22-21-15-19-13(24)7-12(23(15)17)11-5-3-2-4-6-11/h2-8,15,21H,9H2,1H3,(H,19,24)(H,18,20,25). The Labute approximate surface area is 163 Å². The van der Waals surface area contributed by atoms with Crippen LogP contribution in [-0.4, -0.2) is 38.9 Å². The molecule has 1 unspecified atom stereocenters. The number of thioether (sulfide) groups is 1. The summed E-state index contributed by atoms with van der Waals surface area (Å²) in [6.07, 6.45) is 1.07. The number of nitrogens with zero attached hydrogens (tertiary/aromatic N) is 3. The first kappa shape index (κ1) is 17.6. The third kappa shape index (κ3) is 3.81. The summed E-state index contributed by atoms with van der Waals surface area (Å²) in [6.45, 7) is 1.88. The molecule has 0 saturated heterocycles. The van der Waals surface area contributed by atoms with Crippen molar-refractivity contribution in [1.29, 1.82) is 0 Å². The highest BCUT2D eigenvalue weighted by Crippen LogP contribution is 2.29. The fraction of sp³-hybridized carbons (Fsp3) is 0.176. The van der Waals surface area contributed by atoms with Crippen molar-refractivity contribution in [2.45, 2.75) is 13.2 Å². The molecule has 8 nitrogen and oxygen atoms in total. The van der Waals surface area contributed by atoms with E-state index in [9.17, 15) is 9.59 Å². The number of aromatic nitrogens is 1. The predicted octanol–water partition coefficient (Wildman–Crippen LogP) is 1.75. The zero-order chi connectivity index (χ0) is 18.8.